The van der Waals surface area contributed by atoms with Crippen LogP contribution in [0.2, 0.25) is 5.02 Å². The second-order valence-electron chi connectivity index (χ2n) is 7.59. The van der Waals surface area contributed by atoms with Crippen molar-refractivity contribution in [2.45, 2.75) is 6.61 Å². The van der Waals surface area contributed by atoms with Gasteiger partial charge in [-0.1, -0.05) is 23.7 Å². The summed E-state index contributed by atoms with van der Waals surface area (Å²) in [6.45, 7) is 0.414. The lowest BCUT2D eigenvalue weighted by atomic mass is 10.1. The molecule has 0 spiro atoms. The molecule has 0 aromatic heterocycles. The average Bonchev–Trinajstić information content (AvgIpc) is 3.11. The Morgan fingerprint density at radius 1 is 1.08 bits per heavy atom. The van der Waals surface area contributed by atoms with Crippen LogP contribution in [0.15, 0.2) is 70.0 Å². The lowest BCUT2D eigenvalue weighted by Crippen LogP contribution is -2.32. The summed E-state index contributed by atoms with van der Waals surface area (Å²) < 4.78 is 30.9. The Morgan fingerprint density at radius 2 is 1.86 bits per heavy atom. The summed E-state index contributed by atoms with van der Waals surface area (Å²) in [6, 6.07) is 16.4. The van der Waals surface area contributed by atoms with E-state index < -0.39 is 5.91 Å². The summed E-state index contributed by atoms with van der Waals surface area (Å²) in [5.41, 5.74) is 1.31. The molecule has 3 aromatic carbocycles. The molecule has 10 heteroatoms. The number of imide groups is 1. The van der Waals surface area contributed by atoms with Crippen LogP contribution in [0.1, 0.15) is 11.1 Å². The van der Waals surface area contributed by atoms with Gasteiger partial charge in [0.25, 0.3) is 11.1 Å². The van der Waals surface area contributed by atoms with Gasteiger partial charge in [0, 0.05) is 5.02 Å². The van der Waals surface area contributed by atoms with Crippen LogP contribution in [0, 0.1) is 5.82 Å². The number of carbonyl (C=O) groups is 2. The number of rotatable bonds is 9. The molecule has 1 heterocycles. The summed E-state index contributed by atoms with van der Waals surface area (Å²) in [4.78, 5) is 26.7. The maximum Gasteiger partial charge on any atom is 0.293 e. The predicted octanol–water partition coefficient (Wildman–Crippen LogP) is 6.94. The van der Waals surface area contributed by atoms with E-state index in [-0.39, 0.29) is 35.7 Å². The molecule has 0 atom stereocenters. The minimum atomic E-state index is -0.397. The lowest BCUT2D eigenvalue weighted by Gasteiger charge is -2.14. The molecule has 0 radical (unpaired) electrons. The van der Waals surface area contributed by atoms with Gasteiger partial charge >= 0.3 is 0 Å². The number of hydrogen-bond acceptors (Lipinski definition) is 6. The largest absolute Gasteiger partial charge is 0.493 e. The first-order valence-electron chi connectivity index (χ1n) is 10.7. The Balaban J connectivity index is 1.43. The van der Waals surface area contributed by atoms with E-state index in [1.807, 2.05) is 0 Å². The van der Waals surface area contributed by atoms with Gasteiger partial charge in [0.1, 0.15) is 24.8 Å². The van der Waals surface area contributed by atoms with Crippen LogP contribution < -0.4 is 14.2 Å². The fourth-order valence-electron chi connectivity index (χ4n) is 3.38. The number of benzene rings is 3. The van der Waals surface area contributed by atoms with Crippen LogP contribution in [0.4, 0.5) is 9.18 Å². The third-order valence-corrected chi connectivity index (χ3v) is 6.84. The fraction of sp³-hybridized carbons (Fsp3) is 0.154. The molecule has 1 aliphatic rings. The second-order valence-corrected chi connectivity index (χ2v) is 9.87. The molecule has 1 fully saturated rings. The maximum atomic E-state index is 13.4. The number of carbonyl (C=O) groups excluding carboxylic acids is 2. The number of methoxy groups -OCH3 is 1. The van der Waals surface area contributed by atoms with Crippen LogP contribution >= 0.6 is 39.3 Å². The van der Waals surface area contributed by atoms with E-state index in [0.717, 1.165) is 16.7 Å². The highest BCUT2D eigenvalue weighted by atomic mass is 79.9. The number of amides is 2. The normalized spacial score (nSPS) is 14.4. The molecular formula is C26H20BrClFNO5S. The topological polar surface area (TPSA) is 65.1 Å². The van der Waals surface area contributed by atoms with Gasteiger partial charge in [-0.25, -0.2) is 4.39 Å². The van der Waals surface area contributed by atoms with Gasteiger partial charge in [-0.05, 0) is 93.4 Å². The minimum absolute atomic E-state index is 0.116. The van der Waals surface area contributed by atoms with E-state index in [1.54, 1.807) is 54.6 Å². The molecule has 0 unspecified atom stereocenters. The van der Waals surface area contributed by atoms with Crippen LogP contribution in [0.3, 0.4) is 0 Å². The molecule has 3 aromatic rings. The number of halogens is 3. The summed E-state index contributed by atoms with van der Waals surface area (Å²) in [6.07, 6.45) is 1.62. The van der Waals surface area contributed by atoms with Gasteiger partial charge in [-0.15, -0.1) is 0 Å². The van der Waals surface area contributed by atoms with Crippen molar-refractivity contribution < 1.29 is 28.2 Å². The third kappa shape index (κ3) is 6.40. The first kappa shape index (κ1) is 26.1. The number of hydrogen-bond donors (Lipinski definition) is 0. The Kier molecular flexibility index (Phi) is 8.56. The molecular weight excluding hydrogens is 573 g/mol. The Morgan fingerprint density at radius 3 is 2.58 bits per heavy atom. The van der Waals surface area contributed by atoms with E-state index >= 15 is 0 Å². The quantitative estimate of drug-likeness (QED) is 0.251. The highest BCUT2D eigenvalue weighted by Crippen LogP contribution is 2.39. The Hall–Kier alpha value is -3.01. The summed E-state index contributed by atoms with van der Waals surface area (Å²) in [5.74, 6) is 0.710. The van der Waals surface area contributed by atoms with Gasteiger partial charge in [0.2, 0.25) is 0 Å². The van der Waals surface area contributed by atoms with E-state index in [0.29, 0.717) is 37.9 Å². The highest BCUT2D eigenvalue weighted by Gasteiger charge is 2.35. The molecule has 36 heavy (non-hydrogen) atoms. The second kappa shape index (κ2) is 11.8. The SMILES string of the molecule is COc1cc(/C=C2\SC(=O)N(CCOc3ccc(Cl)cc3)C2=O)cc(Br)c1OCc1cccc(F)c1. The summed E-state index contributed by atoms with van der Waals surface area (Å²) in [7, 11) is 1.50. The van der Waals surface area contributed by atoms with Crippen LogP contribution in [-0.4, -0.2) is 36.3 Å². The molecule has 0 aliphatic carbocycles. The van der Waals surface area contributed by atoms with Gasteiger partial charge in [0.05, 0.1) is 23.0 Å². The van der Waals surface area contributed by atoms with Crippen molar-refractivity contribution in [2.75, 3.05) is 20.3 Å². The predicted molar refractivity (Wildman–Crippen MR) is 141 cm³/mol. The summed E-state index contributed by atoms with van der Waals surface area (Å²) in [5, 5.41) is 0.222. The van der Waals surface area contributed by atoms with Crippen molar-refractivity contribution in [1.82, 2.24) is 4.90 Å². The fourth-order valence-corrected chi connectivity index (χ4v) is 4.94. The van der Waals surface area contributed by atoms with Crippen molar-refractivity contribution in [2.24, 2.45) is 0 Å². The monoisotopic (exact) mass is 591 g/mol. The third-order valence-electron chi connectivity index (χ3n) is 5.09. The smallest absolute Gasteiger partial charge is 0.293 e. The van der Waals surface area contributed by atoms with Crippen LogP contribution in [0.25, 0.3) is 6.08 Å². The zero-order valence-electron chi connectivity index (χ0n) is 19.0. The van der Waals surface area contributed by atoms with Crippen LogP contribution in [0.5, 0.6) is 17.2 Å². The molecule has 0 N–H and O–H groups in total. The van der Waals surface area contributed by atoms with E-state index in [1.165, 1.54) is 19.2 Å². The highest BCUT2D eigenvalue weighted by molar-refractivity contribution is 9.10. The molecule has 4 rings (SSSR count). The van der Waals surface area contributed by atoms with Gasteiger partial charge in [-0.3, -0.25) is 14.5 Å². The molecule has 0 saturated carbocycles. The molecule has 6 nitrogen and oxygen atoms in total. The standard InChI is InChI=1S/C26H20BrClFNO5S/c1-33-22-13-17(12-21(27)24(22)35-15-16-3-2-4-19(29)11-16)14-23-25(31)30(26(32)36-23)9-10-34-20-7-5-18(28)6-8-20/h2-8,11-14H,9-10,15H2,1H3/b23-14-. The zero-order chi connectivity index (χ0) is 25.7. The van der Waals surface area contributed by atoms with Crippen molar-refractivity contribution in [1.29, 1.82) is 0 Å². The Labute approximate surface area is 225 Å². The van der Waals surface area contributed by atoms with Crippen molar-refractivity contribution in [3.8, 4) is 17.2 Å². The van der Waals surface area contributed by atoms with E-state index in [2.05, 4.69) is 15.9 Å². The van der Waals surface area contributed by atoms with Crippen molar-refractivity contribution >= 4 is 56.5 Å². The van der Waals surface area contributed by atoms with Gasteiger partial charge in [0.15, 0.2) is 11.5 Å². The van der Waals surface area contributed by atoms with E-state index in [9.17, 15) is 14.0 Å². The van der Waals surface area contributed by atoms with Crippen molar-refractivity contribution in [3.05, 3.63) is 92.0 Å². The average molecular weight is 593 g/mol. The number of thioether (sulfide) groups is 1. The number of ether oxygens (including phenoxy) is 3. The minimum Gasteiger partial charge on any atom is -0.493 e. The zero-order valence-corrected chi connectivity index (χ0v) is 22.2. The van der Waals surface area contributed by atoms with Crippen LogP contribution in [-0.2, 0) is 11.4 Å². The molecule has 186 valence electrons. The molecule has 2 amide bonds. The first-order chi connectivity index (χ1) is 17.3. The number of nitrogens with zero attached hydrogens (tertiary/aromatic N) is 1. The molecule has 1 saturated heterocycles. The molecule has 1 aliphatic heterocycles. The lowest BCUT2D eigenvalue weighted by molar-refractivity contribution is -0.123. The summed E-state index contributed by atoms with van der Waals surface area (Å²) >= 11 is 10.2. The van der Waals surface area contributed by atoms with Crippen molar-refractivity contribution in [3.63, 3.8) is 0 Å². The van der Waals surface area contributed by atoms with Gasteiger partial charge < -0.3 is 14.2 Å². The molecule has 0 bridgehead atoms. The van der Waals surface area contributed by atoms with Gasteiger partial charge in [-0.2, -0.15) is 0 Å². The van der Waals surface area contributed by atoms with E-state index in [4.69, 9.17) is 25.8 Å². The first-order valence-corrected chi connectivity index (χ1v) is 12.7. The maximum absolute atomic E-state index is 13.4. The Bertz CT molecular complexity index is 1320.